The molecule has 0 radical (unpaired) electrons. The zero-order valence-electron chi connectivity index (χ0n) is 56.6. The number of rotatable bonds is 22. The second kappa shape index (κ2) is 31.1. The third-order valence-corrected chi connectivity index (χ3v) is 20.0. The third kappa shape index (κ3) is 19.6. The molecule has 5 unspecified atom stereocenters. The summed E-state index contributed by atoms with van der Waals surface area (Å²) in [6, 6.07) is 52.7. The topological polar surface area (TPSA) is 138 Å². The monoisotopic (exact) mass is 1270 g/mol. The molecule has 8 atom stereocenters. The minimum atomic E-state index is -0.531. The van der Waals surface area contributed by atoms with Gasteiger partial charge in [-0.15, -0.1) is 0 Å². The predicted molar refractivity (Wildman–Crippen MR) is 367 cm³/mol. The van der Waals surface area contributed by atoms with E-state index in [1.165, 1.54) is 73.9 Å². The van der Waals surface area contributed by atoms with Crippen LogP contribution in [0.25, 0.3) is 0 Å². The van der Waals surface area contributed by atoms with Crippen LogP contribution in [-0.4, -0.2) is 96.4 Å². The Kier molecular flexibility index (Phi) is 23.6. The molecular formula is C79H103F3N6O5. The molecule has 12 rings (SSSR count). The maximum absolute atomic E-state index is 14.2. The van der Waals surface area contributed by atoms with E-state index in [9.17, 15) is 27.6 Å². The first-order chi connectivity index (χ1) is 44.4. The molecule has 2 amide bonds. The number of Topliss-reactive ketones (excluding diaryl/α,β-unsaturated/α-hetero) is 1. The number of benzene rings is 6. The minimum Gasteiger partial charge on any atom is -0.444 e. The van der Waals surface area contributed by atoms with Gasteiger partial charge in [0.15, 0.2) is 5.78 Å². The fourth-order valence-electron chi connectivity index (χ4n) is 13.6. The van der Waals surface area contributed by atoms with Crippen LogP contribution in [0, 0.1) is 33.7 Å². The lowest BCUT2D eigenvalue weighted by molar-refractivity contribution is 0.000433. The molecule has 0 heterocycles. The normalized spacial score (nSPS) is 22.2. The van der Waals surface area contributed by atoms with Crippen LogP contribution < -0.4 is 21.7 Å². The average molecular weight is 1270 g/mol. The van der Waals surface area contributed by atoms with Crippen LogP contribution in [0.1, 0.15) is 207 Å². The highest BCUT2D eigenvalue weighted by Crippen LogP contribution is 2.51. The molecule has 11 nitrogen and oxygen atoms in total. The lowest BCUT2D eigenvalue weighted by Gasteiger charge is -2.46. The van der Waals surface area contributed by atoms with Crippen LogP contribution >= 0.6 is 0 Å². The van der Waals surface area contributed by atoms with Gasteiger partial charge in [-0.2, -0.15) is 0 Å². The Morgan fingerprint density at radius 1 is 0.495 bits per heavy atom. The van der Waals surface area contributed by atoms with Crippen LogP contribution in [0.15, 0.2) is 164 Å². The second-order valence-electron chi connectivity index (χ2n) is 29.6. The van der Waals surface area contributed by atoms with Crippen molar-refractivity contribution in [2.24, 2.45) is 22.0 Å². The fourth-order valence-corrected chi connectivity index (χ4v) is 13.6. The summed E-state index contributed by atoms with van der Waals surface area (Å²) < 4.78 is 52.3. The van der Waals surface area contributed by atoms with E-state index >= 15 is 0 Å². The first-order valence-electron chi connectivity index (χ1n) is 34.2. The molecule has 14 heteroatoms. The Morgan fingerprint density at radius 2 is 0.860 bits per heavy atom. The lowest BCUT2D eigenvalue weighted by Crippen LogP contribution is -2.52. The number of ketones is 1. The van der Waals surface area contributed by atoms with Gasteiger partial charge in [-0.1, -0.05) is 159 Å². The van der Waals surface area contributed by atoms with Gasteiger partial charge in [-0.3, -0.25) is 4.79 Å². The molecule has 6 aromatic rings. The zero-order chi connectivity index (χ0) is 66.6. The summed E-state index contributed by atoms with van der Waals surface area (Å²) in [6.07, 6.45) is 13.4. The smallest absolute Gasteiger partial charge is 0.410 e. The summed E-state index contributed by atoms with van der Waals surface area (Å²) in [5.41, 5.74) is 11.1. The summed E-state index contributed by atoms with van der Waals surface area (Å²) in [7, 11) is 0. The molecule has 6 saturated carbocycles. The Hall–Kier alpha value is -6.84. The van der Waals surface area contributed by atoms with Crippen molar-refractivity contribution < 1.29 is 37.0 Å². The molecule has 0 spiro atoms. The van der Waals surface area contributed by atoms with Gasteiger partial charge in [-0.25, -0.2) is 22.8 Å². The number of hydrogen-bond acceptors (Lipinski definition) is 9. The van der Waals surface area contributed by atoms with Crippen molar-refractivity contribution in [1.82, 2.24) is 25.8 Å². The highest BCUT2D eigenvalue weighted by molar-refractivity contribution is 5.94. The van der Waals surface area contributed by atoms with Gasteiger partial charge in [0, 0.05) is 103 Å². The molecular weight excluding hydrogens is 1170 g/mol. The highest BCUT2D eigenvalue weighted by atomic mass is 19.1. The van der Waals surface area contributed by atoms with Gasteiger partial charge < -0.3 is 41.0 Å². The van der Waals surface area contributed by atoms with Crippen molar-refractivity contribution in [1.29, 1.82) is 0 Å². The standard InChI is InChI=1S/C28H37FN2O2.C23H29FN2.C20H30N2O2.C8H7FO/c1-20(22-13-8-9-14-24(22)29)30-18-28(15-10-16-28)19-31(26(32)33-27(2,3)4)25-17-23(25)21-11-6-5-7-12-21;1-17(19-10-5-6-11-21(19)24)25-15-23(12-7-13-23)16-26-22-14-20(22)18-8-3-2-4-9-18;1-19(2,3)24-18(23)22(14-20(13-21)10-7-11-20)17-12-16(17)15-8-5-4-6-9-15;1-6(10)7-4-2-3-5-8(7)9/h5-9,11-14,20,23,25,30H,10,15-19H2,1-4H3;2-6,8-11,17,20,22,25-26H,7,12-16H2,1H3;4-6,8-9,16-17H,7,10-14,21H2,1-3H3;2-5H,1H3/t20?,23?,25-;17?,20?,22-;16?,17-;/m000./s1. The molecule has 0 saturated heterocycles. The van der Waals surface area contributed by atoms with Crippen molar-refractivity contribution >= 4 is 18.0 Å². The summed E-state index contributed by atoms with van der Waals surface area (Å²) in [6.45, 7) is 21.8. The Balaban J connectivity index is 0.000000155. The number of carbonyl (C=O) groups is 3. The summed E-state index contributed by atoms with van der Waals surface area (Å²) in [5, 5.41) is 11.0. The summed E-state index contributed by atoms with van der Waals surface area (Å²) in [4.78, 5) is 40.7. The van der Waals surface area contributed by atoms with Crippen LogP contribution in [0.2, 0.25) is 0 Å². The molecule has 500 valence electrons. The SMILES string of the molecule is CC(=O)c1ccccc1F.CC(C)(C)OC(=O)N(CC1(CN)CCC1)[C@H]1CC1c1ccccc1.CC(NCC1(CN(C(=O)OC(C)(C)C)[C@H]2CC2c2ccccc2)CCC1)c1ccccc1F.CC(NCC1(CN[C@H]2CC2c2ccccc2)CCC1)c1ccccc1F. The molecule has 6 aromatic carbocycles. The number of hydrogen-bond donors (Lipinski definition) is 4. The largest absolute Gasteiger partial charge is 0.444 e. The van der Waals surface area contributed by atoms with Crippen LogP contribution in [0.5, 0.6) is 0 Å². The van der Waals surface area contributed by atoms with Gasteiger partial charge >= 0.3 is 12.2 Å². The third-order valence-electron chi connectivity index (χ3n) is 20.0. The quantitative estimate of drug-likeness (QED) is 0.0490. The van der Waals surface area contributed by atoms with Gasteiger partial charge in [0.05, 0.1) is 5.56 Å². The zero-order valence-corrected chi connectivity index (χ0v) is 56.6. The van der Waals surface area contributed by atoms with Gasteiger partial charge in [0.2, 0.25) is 0 Å². The van der Waals surface area contributed by atoms with E-state index in [4.69, 9.17) is 15.2 Å². The number of carbonyl (C=O) groups excluding carboxylic acids is 3. The molecule has 5 N–H and O–H groups in total. The number of halogens is 3. The van der Waals surface area contributed by atoms with E-state index in [0.29, 0.717) is 47.9 Å². The summed E-state index contributed by atoms with van der Waals surface area (Å²) >= 11 is 0. The van der Waals surface area contributed by atoms with Crippen LogP contribution in [-0.2, 0) is 9.47 Å². The number of nitrogens with one attached hydrogen (secondary N) is 3. The van der Waals surface area contributed by atoms with E-state index in [2.05, 4.69) is 102 Å². The van der Waals surface area contributed by atoms with Crippen LogP contribution in [0.4, 0.5) is 22.8 Å². The van der Waals surface area contributed by atoms with Gasteiger partial charge in [-0.05, 0) is 173 Å². The fraction of sp³-hybridized carbons (Fsp3) is 0.506. The van der Waals surface area contributed by atoms with Gasteiger partial charge in [0.1, 0.15) is 28.7 Å². The number of ether oxygens (including phenoxy) is 2. The second-order valence-corrected chi connectivity index (χ2v) is 29.6. The van der Waals surface area contributed by atoms with E-state index in [0.717, 1.165) is 76.7 Å². The summed E-state index contributed by atoms with van der Waals surface area (Å²) in [5.74, 6) is 0.484. The molecule has 0 aliphatic heterocycles. The molecule has 0 aromatic heterocycles. The lowest BCUT2D eigenvalue weighted by atomic mass is 9.68. The molecule has 6 aliphatic rings. The van der Waals surface area contributed by atoms with E-state index in [1.807, 2.05) is 94.7 Å². The van der Waals surface area contributed by atoms with E-state index < -0.39 is 17.0 Å². The van der Waals surface area contributed by atoms with Crippen molar-refractivity contribution in [3.8, 4) is 0 Å². The first-order valence-corrected chi connectivity index (χ1v) is 34.2. The highest BCUT2D eigenvalue weighted by Gasteiger charge is 2.52. The van der Waals surface area contributed by atoms with Crippen LogP contribution in [0.3, 0.4) is 0 Å². The molecule has 93 heavy (non-hydrogen) atoms. The van der Waals surface area contributed by atoms with E-state index in [1.54, 1.807) is 30.3 Å². The maximum atomic E-state index is 14.2. The maximum Gasteiger partial charge on any atom is 0.410 e. The molecule has 6 fully saturated rings. The van der Waals surface area contributed by atoms with Crippen molar-refractivity contribution in [3.05, 3.63) is 215 Å². The Labute approximate surface area is 552 Å². The Bertz CT molecular complexity index is 3360. The number of nitrogens with zero attached hydrogens (tertiary/aromatic N) is 2. The molecule has 0 bridgehead atoms. The van der Waals surface area contributed by atoms with E-state index in [-0.39, 0.29) is 70.2 Å². The molecule has 6 aliphatic carbocycles. The van der Waals surface area contributed by atoms with Crippen molar-refractivity contribution in [2.45, 2.75) is 199 Å². The van der Waals surface area contributed by atoms with Crippen molar-refractivity contribution in [3.63, 3.8) is 0 Å². The predicted octanol–water partition coefficient (Wildman–Crippen LogP) is 17.2. The average Bonchev–Trinajstić information content (AvgIpc) is 1.66. The first kappa shape index (κ1) is 70.5. The van der Waals surface area contributed by atoms with Gasteiger partial charge in [0.25, 0.3) is 0 Å². The minimum absolute atomic E-state index is 0.000247. The number of nitrogens with two attached hydrogens (primary N) is 1. The Morgan fingerprint density at radius 3 is 1.22 bits per heavy atom. The van der Waals surface area contributed by atoms with Crippen molar-refractivity contribution in [2.75, 3.05) is 39.3 Å². The number of amides is 2.